The number of benzene rings is 1. The van der Waals surface area contributed by atoms with Gasteiger partial charge in [-0.3, -0.25) is 0 Å². The van der Waals surface area contributed by atoms with Gasteiger partial charge in [-0.25, -0.2) is 0 Å². The molecule has 1 N–H and O–H groups in total. The monoisotopic (exact) mass is 203 g/mol. The Bertz CT molecular complexity index is 344. The van der Waals surface area contributed by atoms with Gasteiger partial charge in [0.2, 0.25) is 0 Å². The maximum absolute atomic E-state index is 5.93. The van der Waals surface area contributed by atoms with E-state index >= 15 is 0 Å². The van der Waals surface area contributed by atoms with Crippen LogP contribution in [0.3, 0.4) is 0 Å². The van der Waals surface area contributed by atoms with Crippen molar-refractivity contribution in [2.75, 3.05) is 13.2 Å². The molecule has 0 amide bonds. The molecule has 3 rings (SSSR count). The second kappa shape index (κ2) is 3.95. The molecule has 1 saturated heterocycles. The summed E-state index contributed by atoms with van der Waals surface area (Å²) < 4.78 is 5.93. The van der Waals surface area contributed by atoms with E-state index in [4.69, 9.17) is 4.74 Å². The molecule has 2 aliphatic rings. The van der Waals surface area contributed by atoms with Gasteiger partial charge >= 0.3 is 0 Å². The molecular weight excluding hydrogens is 186 g/mol. The molecule has 2 nitrogen and oxygen atoms in total. The van der Waals surface area contributed by atoms with E-state index < -0.39 is 0 Å². The summed E-state index contributed by atoms with van der Waals surface area (Å²) in [5.74, 6) is 0. The first-order valence-electron chi connectivity index (χ1n) is 5.88. The predicted octanol–water partition coefficient (Wildman–Crippen LogP) is 2.05. The molecule has 2 atom stereocenters. The van der Waals surface area contributed by atoms with Gasteiger partial charge < -0.3 is 10.1 Å². The minimum absolute atomic E-state index is 0.289. The number of hydrogen-bond donors (Lipinski definition) is 1. The lowest BCUT2D eigenvalue weighted by Gasteiger charge is -2.30. The molecule has 1 aromatic carbocycles. The van der Waals surface area contributed by atoms with Crippen LogP contribution in [0.2, 0.25) is 0 Å². The lowest BCUT2D eigenvalue weighted by molar-refractivity contribution is 0.0199. The van der Waals surface area contributed by atoms with E-state index in [1.807, 2.05) is 0 Å². The van der Waals surface area contributed by atoms with Crippen LogP contribution in [0.15, 0.2) is 24.3 Å². The summed E-state index contributed by atoms with van der Waals surface area (Å²) in [5, 5.41) is 3.54. The molecule has 0 bridgehead atoms. The van der Waals surface area contributed by atoms with Gasteiger partial charge in [0.15, 0.2) is 0 Å². The van der Waals surface area contributed by atoms with Crippen LogP contribution in [0.25, 0.3) is 0 Å². The summed E-state index contributed by atoms with van der Waals surface area (Å²) in [6.45, 7) is 2.02. The number of ether oxygens (including phenoxy) is 1. The van der Waals surface area contributed by atoms with E-state index in [-0.39, 0.29) is 6.10 Å². The lowest BCUT2D eigenvalue weighted by Crippen LogP contribution is -2.33. The van der Waals surface area contributed by atoms with Crippen LogP contribution < -0.4 is 5.32 Å². The Kier molecular flexibility index (Phi) is 2.47. The van der Waals surface area contributed by atoms with Gasteiger partial charge in [-0.1, -0.05) is 24.3 Å². The minimum atomic E-state index is 0.289. The fourth-order valence-electron chi connectivity index (χ4n) is 2.73. The van der Waals surface area contributed by atoms with Crippen molar-refractivity contribution < 1.29 is 4.74 Å². The van der Waals surface area contributed by atoms with Crippen LogP contribution in [0.1, 0.15) is 30.1 Å². The quantitative estimate of drug-likeness (QED) is 0.754. The van der Waals surface area contributed by atoms with Crippen molar-refractivity contribution in [3.05, 3.63) is 35.4 Å². The van der Waals surface area contributed by atoms with Gasteiger partial charge in [0.25, 0.3) is 0 Å². The molecule has 15 heavy (non-hydrogen) atoms. The third-order valence-electron chi connectivity index (χ3n) is 3.49. The van der Waals surface area contributed by atoms with Gasteiger partial charge in [-0.05, 0) is 36.9 Å². The van der Waals surface area contributed by atoms with E-state index in [0.29, 0.717) is 6.04 Å². The highest BCUT2D eigenvalue weighted by Crippen LogP contribution is 2.32. The summed E-state index contributed by atoms with van der Waals surface area (Å²) in [6.07, 6.45) is 3.89. The van der Waals surface area contributed by atoms with Crippen molar-refractivity contribution in [2.45, 2.75) is 31.4 Å². The van der Waals surface area contributed by atoms with Crippen molar-refractivity contribution in [2.24, 2.45) is 0 Å². The second-order valence-corrected chi connectivity index (χ2v) is 4.44. The van der Waals surface area contributed by atoms with Crippen molar-refractivity contribution >= 4 is 0 Å². The molecule has 0 aliphatic carbocycles. The molecule has 2 heterocycles. The lowest BCUT2D eigenvalue weighted by atomic mass is 9.93. The molecule has 1 aromatic rings. The number of fused-ring (bicyclic) bond motifs is 1. The standard InChI is InChI=1S/C13H17NO/c1-2-5-11-10(4-1)7-9-15-13(11)12-6-3-8-14-12/h1-2,4-5,12-14H,3,6-9H2/t12-,13-/m0/s1. The molecule has 2 heteroatoms. The smallest absolute Gasteiger partial charge is 0.0980 e. The van der Waals surface area contributed by atoms with Crippen LogP contribution in [-0.4, -0.2) is 19.2 Å². The average Bonchev–Trinajstić information content (AvgIpc) is 2.82. The summed E-state index contributed by atoms with van der Waals surface area (Å²) in [7, 11) is 0. The first-order valence-corrected chi connectivity index (χ1v) is 5.88. The zero-order valence-corrected chi connectivity index (χ0v) is 8.91. The van der Waals surface area contributed by atoms with Gasteiger partial charge in [0.1, 0.15) is 0 Å². The second-order valence-electron chi connectivity index (χ2n) is 4.44. The average molecular weight is 203 g/mol. The van der Waals surface area contributed by atoms with Crippen LogP contribution in [0, 0.1) is 0 Å². The largest absolute Gasteiger partial charge is 0.372 e. The van der Waals surface area contributed by atoms with Gasteiger partial charge in [0.05, 0.1) is 12.7 Å². The molecule has 1 fully saturated rings. The van der Waals surface area contributed by atoms with Crippen LogP contribution in [0.4, 0.5) is 0 Å². The highest BCUT2D eigenvalue weighted by molar-refractivity contribution is 5.32. The molecular formula is C13H17NO. The van der Waals surface area contributed by atoms with E-state index in [0.717, 1.165) is 19.6 Å². The normalized spacial score (nSPS) is 30.1. The Morgan fingerprint density at radius 2 is 2.20 bits per heavy atom. The fraction of sp³-hybridized carbons (Fsp3) is 0.538. The predicted molar refractivity (Wildman–Crippen MR) is 59.9 cm³/mol. The molecule has 0 unspecified atom stereocenters. The third kappa shape index (κ3) is 1.68. The maximum Gasteiger partial charge on any atom is 0.0980 e. The zero-order valence-electron chi connectivity index (χ0n) is 8.91. The van der Waals surface area contributed by atoms with Crippen molar-refractivity contribution in [1.82, 2.24) is 5.32 Å². The van der Waals surface area contributed by atoms with E-state index in [1.165, 1.54) is 24.0 Å². The molecule has 2 aliphatic heterocycles. The summed E-state index contributed by atoms with van der Waals surface area (Å²) in [5.41, 5.74) is 2.88. The number of hydrogen-bond acceptors (Lipinski definition) is 2. The highest BCUT2D eigenvalue weighted by Gasteiger charge is 2.30. The Hall–Kier alpha value is -0.860. The topological polar surface area (TPSA) is 21.3 Å². The first-order chi connectivity index (χ1) is 7.45. The van der Waals surface area contributed by atoms with Crippen molar-refractivity contribution in [3.8, 4) is 0 Å². The van der Waals surface area contributed by atoms with Crippen LogP contribution in [-0.2, 0) is 11.2 Å². The molecule has 0 spiro atoms. The number of nitrogens with one attached hydrogen (secondary N) is 1. The van der Waals surface area contributed by atoms with E-state index in [9.17, 15) is 0 Å². The molecule has 0 saturated carbocycles. The van der Waals surface area contributed by atoms with Gasteiger partial charge in [-0.15, -0.1) is 0 Å². The molecule has 80 valence electrons. The fourth-order valence-corrected chi connectivity index (χ4v) is 2.73. The Morgan fingerprint density at radius 3 is 3.07 bits per heavy atom. The highest BCUT2D eigenvalue weighted by atomic mass is 16.5. The summed E-state index contributed by atoms with van der Waals surface area (Å²) in [4.78, 5) is 0. The van der Waals surface area contributed by atoms with Crippen LogP contribution in [0.5, 0.6) is 0 Å². The van der Waals surface area contributed by atoms with Gasteiger partial charge in [-0.2, -0.15) is 0 Å². The molecule has 0 aromatic heterocycles. The van der Waals surface area contributed by atoms with Crippen molar-refractivity contribution in [3.63, 3.8) is 0 Å². The Morgan fingerprint density at radius 1 is 1.27 bits per heavy atom. The third-order valence-corrected chi connectivity index (χ3v) is 3.49. The van der Waals surface area contributed by atoms with Crippen LogP contribution >= 0.6 is 0 Å². The minimum Gasteiger partial charge on any atom is -0.372 e. The van der Waals surface area contributed by atoms with Gasteiger partial charge in [0, 0.05) is 6.04 Å². The maximum atomic E-state index is 5.93. The Balaban J connectivity index is 1.91. The summed E-state index contributed by atoms with van der Waals surface area (Å²) in [6, 6.07) is 9.24. The Labute approximate surface area is 90.6 Å². The number of rotatable bonds is 1. The van der Waals surface area contributed by atoms with Crippen molar-refractivity contribution in [1.29, 1.82) is 0 Å². The van der Waals surface area contributed by atoms with E-state index in [1.54, 1.807) is 0 Å². The van der Waals surface area contributed by atoms with E-state index in [2.05, 4.69) is 29.6 Å². The first kappa shape index (κ1) is 9.37. The molecule has 0 radical (unpaired) electrons. The summed E-state index contributed by atoms with van der Waals surface area (Å²) >= 11 is 0. The zero-order chi connectivity index (χ0) is 10.1. The SMILES string of the molecule is c1ccc2c(c1)CCO[C@@H]2[C@@H]1CCCN1.